The van der Waals surface area contributed by atoms with Crippen molar-refractivity contribution in [2.24, 2.45) is 0 Å². The minimum absolute atomic E-state index is 0. The van der Waals surface area contributed by atoms with Crippen LogP contribution in [0.2, 0.25) is 33.2 Å². The van der Waals surface area contributed by atoms with Crippen LogP contribution in [0.1, 0.15) is 144 Å². The van der Waals surface area contributed by atoms with Crippen LogP contribution in [-0.2, 0) is 49.5 Å². The van der Waals surface area contributed by atoms with Crippen LogP contribution < -0.4 is 4.74 Å². The minimum Gasteiger partial charge on any atom is -0.478 e. The molecule has 2 heterocycles. The van der Waals surface area contributed by atoms with Crippen molar-refractivity contribution in [2.45, 2.75) is 150 Å². The summed E-state index contributed by atoms with van der Waals surface area (Å²) in [6.07, 6.45) is 0. The van der Waals surface area contributed by atoms with Crippen LogP contribution in [0, 0.1) is 10.1 Å². The highest BCUT2D eigenvalue weighted by atomic mass is 28.4. The maximum Gasteiger partial charge on any atom is 0.374 e. The van der Waals surface area contributed by atoms with Gasteiger partial charge in [-0.05, 0) is 87.8 Å². The Balaban J connectivity index is 0.000000461. The number of carbonyl (C=O) groups is 4. The molecular weight excluding hydrogens is 931 g/mol. The number of benzene rings is 3. The zero-order valence-electron chi connectivity index (χ0n) is 41.9. The molecule has 0 unspecified atom stereocenters. The highest BCUT2D eigenvalue weighted by Gasteiger charge is 2.46. The van der Waals surface area contributed by atoms with E-state index in [0.29, 0.717) is 69.0 Å². The second-order valence-electron chi connectivity index (χ2n) is 18.3. The molecule has 1 N–H and O–H groups in total. The lowest BCUT2D eigenvalue weighted by atomic mass is 10.1. The second kappa shape index (κ2) is 28.5. The number of hydrogen-bond acceptors (Lipinski definition) is 13. The van der Waals surface area contributed by atoms with Crippen LogP contribution in [0.4, 0.5) is 5.69 Å². The highest BCUT2D eigenvalue weighted by Crippen LogP contribution is 2.44. The van der Waals surface area contributed by atoms with Crippen molar-refractivity contribution in [2.75, 3.05) is 0 Å². The second-order valence-corrected chi connectivity index (χ2v) is 29.2. The number of carboxylic acids is 1. The highest BCUT2D eigenvalue weighted by molar-refractivity contribution is 6.78. The third kappa shape index (κ3) is 16.2. The van der Waals surface area contributed by atoms with Gasteiger partial charge in [0.25, 0.3) is 11.6 Å². The van der Waals surface area contributed by atoms with Crippen LogP contribution in [0.5, 0.6) is 5.95 Å². The first-order valence-electron chi connectivity index (χ1n) is 23.1. The quantitative estimate of drug-likeness (QED) is 0.0225. The molecular formula is C53H73NO14Si2. The summed E-state index contributed by atoms with van der Waals surface area (Å²) in [6.45, 7) is 27.0. The fourth-order valence-corrected chi connectivity index (χ4v) is 20.0. The first-order chi connectivity index (χ1) is 32.6. The number of furan rings is 2. The van der Waals surface area contributed by atoms with E-state index in [1.807, 2.05) is 0 Å². The lowest BCUT2D eigenvalue weighted by Crippen LogP contribution is -2.47. The zero-order chi connectivity index (χ0) is 51.5. The first kappa shape index (κ1) is 60.0. The molecule has 0 aliphatic rings. The average Bonchev–Trinajstić information content (AvgIpc) is 3.98. The Bertz CT molecular complexity index is 2350. The van der Waals surface area contributed by atoms with E-state index in [4.69, 9.17) is 32.3 Å². The van der Waals surface area contributed by atoms with E-state index >= 15 is 0 Å². The summed E-state index contributed by atoms with van der Waals surface area (Å²) in [4.78, 5) is 56.7. The summed E-state index contributed by atoms with van der Waals surface area (Å²) in [5.41, 5.74) is 3.55. The van der Waals surface area contributed by atoms with Crippen molar-refractivity contribution in [3.63, 3.8) is 0 Å². The molecule has 70 heavy (non-hydrogen) atoms. The van der Waals surface area contributed by atoms with Crippen molar-refractivity contribution in [3.05, 3.63) is 153 Å². The van der Waals surface area contributed by atoms with Crippen LogP contribution in [0.25, 0.3) is 0 Å². The Hall–Kier alpha value is -6.15. The van der Waals surface area contributed by atoms with Gasteiger partial charge in [0.05, 0.1) is 40.4 Å². The molecule has 0 fully saturated rings. The molecule has 3 aromatic carbocycles. The number of para-hydroxylation sites is 1. The first-order valence-corrected chi connectivity index (χ1v) is 27.4. The fraction of sp³-hybridized carbons (Fsp3) is 0.434. The smallest absolute Gasteiger partial charge is 0.374 e. The molecule has 15 nitrogen and oxygen atoms in total. The Morgan fingerprint density at radius 2 is 0.986 bits per heavy atom. The largest absolute Gasteiger partial charge is 0.478 e. The Labute approximate surface area is 415 Å². The van der Waals surface area contributed by atoms with Gasteiger partial charge in [0.15, 0.2) is 0 Å². The number of nitro groups is 1. The van der Waals surface area contributed by atoms with Crippen LogP contribution in [-0.4, -0.2) is 51.0 Å². The summed E-state index contributed by atoms with van der Waals surface area (Å²) < 4.78 is 39.3. The van der Waals surface area contributed by atoms with E-state index in [0.717, 1.165) is 0 Å². The van der Waals surface area contributed by atoms with Gasteiger partial charge in [0.2, 0.25) is 22.4 Å². The predicted molar refractivity (Wildman–Crippen MR) is 274 cm³/mol. The molecule has 17 heteroatoms. The van der Waals surface area contributed by atoms with Gasteiger partial charge in [-0.25, -0.2) is 14.4 Å². The van der Waals surface area contributed by atoms with Gasteiger partial charge < -0.3 is 37.0 Å². The third-order valence-electron chi connectivity index (χ3n) is 12.1. The molecule has 0 radical (unpaired) electrons. The maximum atomic E-state index is 12.7. The summed E-state index contributed by atoms with van der Waals surface area (Å²) in [6, 6.07) is 27.8. The molecule has 0 atom stereocenters. The van der Waals surface area contributed by atoms with Gasteiger partial charge in [0, 0.05) is 6.07 Å². The number of aromatic carboxylic acids is 1. The normalized spacial score (nSPS) is 11.4. The number of hydrogen-bond donors (Lipinski definition) is 1. The number of nitro benzene ring substituents is 1. The van der Waals surface area contributed by atoms with Gasteiger partial charge in [-0.15, -0.1) is 0 Å². The Morgan fingerprint density at radius 3 is 1.39 bits per heavy atom. The number of esters is 2. The number of rotatable bonds is 22. The van der Waals surface area contributed by atoms with E-state index in [9.17, 15) is 29.3 Å². The number of carboxylic acid groups (broad SMARTS) is 1. The van der Waals surface area contributed by atoms with Gasteiger partial charge in [-0.2, -0.15) is 0 Å². The molecule has 0 spiro atoms. The number of carbonyl (C=O) groups excluding carboxylic acids is 3. The zero-order valence-corrected chi connectivity index (χ0v) is 43.9. The Kier molecular flexibility index (Phi) is 24.4. The van der Waals surface area contributed by atoms with Crippen molar-refractivity contribution >= 4 is 46.7 Å². The van der Waals surface area contributed by atoms with E-state index in [2.05, 4.69) is 87.8 Å². The molecule has 0 bridgehead atoms. The predicted octanol–water partition coefficient (Wildman–Crippen LogP) is 14.1. The summed E-state index contributed by atoms with van der Waals surface area (Å²) in [5.74, 6) is -0.819. The van der Waals surface area contributed by atoms with Gasteiger partial charge in [-0.3, -0.25) is 14.9 Å². The Morgan fingerprint density at radius 1 is 0.571 bits per heavy atom. The molecule has 5 aromatic rings. The van der Waals surface area contributed by atoms with E-state index in [-0.39, 0.29) is 55.8 Å². The summed E-state index contributed by atoms with van der Waals surface area (Å²) >= 11 is 0. The van der Waals surface area contributed by atoms with Crippen molar-refractivity contribution in [1.29, 1.82) is 0 Å². The third-order valence-corrected chi connectivity index (χ3v) is 24.3. The van der Waals surface area contributed by atoms with E-state index < -0.39 is 39.5 Å². The lowest BCUT2D eigenvalue weighted by molar-refractivity contribution is -0.386. The molecule has 382 valence electrons. The summed E-state index contributed by atoms with van der Waals surface area (Å²) in [7, 11) is -4.00. The van der Waals surface area contributed by atoms with Crippen LogP contribution in [0.15, 0.2) is 112 Å². The van der Waals surface area contributed by atoms with Gasteiger partial charge in [-0.1, -0.05) is 133 Å². The summed E-state index contributed by atoms with van der Waals surface area (Å²) in [5, 5.41) is 20.3. The minimum atomic E-state index is -2.11. The maximum absolute atomic E-state index is 12.7. The molecule has 0 saturated heterocycles. The van der Waals surface area contributed by atoms with Crippen molar-refractivity contribution < 1.29 is 61.1 Å². The fourth-order valence-electron chi connectivity index (χ4n) is 9.21. The standard InChI is InChI=1S/C30H37NO8Si.C15H26O4Si.C7H6O2.CH4/c1-20(2)40(21(3)4,22(5)6)38-19-26-15-16-27(39-26)30(33)37-18-25-14-10-13-24(28(25)31(34)35)17-36-29(32)23-11-8-7-9-12-23;1-11(2)20(12(3)4,13(5)6)18-9-14-7-8-15(19-14)17-10-16;8-7(9)6-4-2-1-3-5-6;/h7-16,20-22H,17-19H2,1-6H3;7-8,10-13H,9H2,1-6H3;1-5H,(H,8,9);1H4. The number of nitrogens with zero attached hydrogens (tertiary/aromatic N) is 1. The monoisotopic (exact) mass is 1000 g/mol. The molecule has 0 saturated carbocycles. The molecule has 0 aliphatic carbocycles. The van der Waals surface area contributed by atoms with Crippen LogP contribution >= 0.6 is 0 Å². The van der Waals surface area contributed by atoms with Gasteiger partial charge in [0.1, 0.15) is 24.7 Å². The molecule has 0 amide bonds. The van der Waals surface area contributed by atoms with E-state index in [1.165, 1.54) is 18.2 Å². The van der Waals surface area contributed by atoms with Gasteiger partial charge >= 0.3 is 24.4 Å². The molecule has 2 aromatic heterocycles. The van der Waals surface area contributed by atoms with Crippen molar-refractivity contribution in [3.8, 4) is 5.95 Å². The average molecular weight is 1000 g/mol. The molecule has 5 rings (SSSR count). The van der Waals surface area contributed by atoms with Crippen LogP contribution in [0.3, 0.4) is 0 Å². The SMILES string of the molecule is C.CC(C)[Si](OCc1ccc(C(=O)OCc2cccc(COC(=O)c3ccccc3)c2[N+](=O)[O-])o1)(C(C)C)C(C)C.CC(C)[Si](OCc1ccc(OC=O)o1)(C(C)C)C(C)C.O=C(O)c1ccccc1. The lowest BCUT2D eigenvalue weighted by Gasteiger charge is -2.41. The number of ether oxygens (including phenoxy) is 3. The van der Waals surface area contributed by atoms with E-state index in [1.54, 1.807) is 84.9 Å². The topological polar surface area (TPSA) is 204 Å². The molecule has 0 aliphatic heterocycles. The van der Waals surface area contributed by atoms with Crippen molar-refractivity contribution in [1.82, 2.24) is 0 Å².